The zero-order chi connectivity index (χ0) is 16.9. The Morgan fingerprint density at radius 1 is 1.26 bits per heavy atom. The third-order valence-electron chi connectivity index (χ3n) is 3.24. The van der Waals surface area contributed by atoms with Gasteiger partial charge < -0.3 is 10.4 Å². The fourth-order valence-corrected chi connectivity index (χ4v) is 3.86. The van der Waals surface area contributed by atoms with E-state index in [1.165, 1.54) is 11.4 Å². The average Bonchev–Trinajstić information content (AvgIpc) is 3.01. The van der Waals surface area contributed by atoms with Crippen molar-refractivity contribution in [3.63, 3.8) is 0 Å². The Bertz CT molecular complexity index is 757. The molecule has 0 radical (unpaired) electrons. The highest BCUT2D eigenvalue weighted by molar-refractivity contribution is 7.91. The topological polar surface area (TPSA) is 109 Å². The molecule has 23 heavy (non-hydrogen) atoms. The van der Waals surface area contributed by atoms with Crippen molar-refractivity contribution in [2.24, 2.45) is 5.14 Å². The lowest BCUT2D eigenvalue weighted by Crippen LogP contribution is -2.33. The number of aryl methyl sites for hydroxylation is 1. The maximum atomic E-state index is 12.0. The molecule has 4 N–H and O–H groups in total. The number of thiophene rings is 1. The normalized spacial score (nSPS) is 12.8. The molecule has 2 rings (SSSR count). The summed E-state index contributed by atoms with van der Waals surface area (Å²) in [7, 11) is -3.92. The van der Waals surface area contributed by atoms with Crippen LogP contribution in [-0.2, 0) is 16.4 Å². The van der Waals surface area contributed by atoms with E-state index in [4.69, 9.17) is 5.14 Å². The third-order valence-corrected chi connectivity index (χ3v) is 5.67. The second kappa shape index (κ2) is 7.69. The van der Waals surface area contributed by atoms with E-state index in [0.717, 1.165) is 16.9 Å². The number of carbonyl (C=O) groups excluding carboxylic acids is 1. The van der Waals surface area contributed by atoms with Gasteiger partial charge >= 0.3 is 0 Å². The van der Waals surface area contributed by atoms with Crippen molar-refractivity contribution in [1.82, 2.24) is 5.32 Å². The van der Waals surface area contributed by atoms with Crippen LogP contribution in [0.4, 0.5) is 0 Å². The minimum Gasteiger partial charge on any atom is -0.391 e. The summed E-state index contributed by atoms with van der Waals surface area (Å²) in [6.45, 7) is 0.0472. The van der Waals surface area contributed by atoms with E-state index in [2.05, 4.69) is 5.32 Å². The Kier molecular flexibility index (Phi) is 5.89. The minimum atomic E-state index is -3.92. The van der Waals surface area contributed by atoms with Crippen LogP contribution in [0.3, 0.4) is 0 Å². The van der Waals surface area contributed by atoms with Gasteiger partial charge in [0.15, 0.2) is 0 Å². The number of nitrogens with one attached hydrogen (secondary N) is 1. The monoisotopic (exact) mass is 354 g/mol. The van der Waals surface area contributed by atoms with Crippen molar-refractivity contribution in [2.75, 3.05) is 6.54 Å². The summed E-state index contributed by atoms with van der Waals surface area (Å²) in [5.41, 5.74) is 1.11. The number of aliphatic hydroxyl groups excluding tert-OH is 1. The average molecular weight is 354 g/mol. The number of sulfonamides is 1. The van der Waals surface area contributed by atoms with Gasteiger partial charge in [-0.05, 0) is 29.9 Å². The Balaban J connectivity index is 1.86. The van der Waals surface area contributed by atoms with Gasteiger partial charge in [0.1, 0.15) is 4.21 Å². The van der Waals surface area contributed by atoms with E-state index in [9.17, 15) is 18.3 Å². The van der Waals surface area contributed by atoms with Crippen molar-refractivity contribution < 1.29 is 18.3 Å². The van der Waals surface area contributed by atoms with Crippen LogP contribution in [0.15, 0.2) is 46.0 Å². The van der Waals surface area contributed by atoms with Gasteiger partial charge in [0.05, 0.1) is 11.7 Å². The molecule has 0 bridgehead atoms. The number of benzene rings is 1. The Morgan fingerprint density at radius 2 is 1.96 bits per heavy atom. The molecule has 0 saturated carbocycles. The standard InChI is InChI=1S/C15H18N2O4S2/c16-23(20,21)15-13(8-9-22-15)14(19)17-10-12(18)7-6-11-4-2-1-3-5-11/h1-5,8-9,12,18H,6-7,10H2,(H,17,19)(H2,16,20,21). The summed E-state index contributed by atoms with van der Waals surface area (Å²) < 4.78 is 22.6. The summed E-state index contributed by atoms with van der Waals surface area (Å²) in [4.78, 5) is 12.0. The summed E-state index contributed by atoms with van der Waals surface area (Å²) in [5.74, 6) is -0.561. The number of amides is 1. The van der Waals surface area contributed by atoms with E-state index in [1.54, 1.807) is 0 Å². The van der Waals surface area contributed by atoms with Gasteiger partial charge in [-0.25, -0.2) is 13.6 Å². The summed E-state index contributed by atoms with van der Waals surface area (Å²) in [6, 6.07) is 11.1. The first-order chi connectivity index (χ1) is 10.9. The van der Waals surface area contributed by atoms with Crippen molar-refractivity contribution in [3.8, 4) is 0 Å². The van der Waals surface area contributed by atoms with Crippen molar-refractivity contribution in [1.29, 1.82) is 0 Å². The van der Waals surface area contributed by atoms with E-state index >= 15 is 0 Å². The van der Waals surface area contributed by atoms with Gasteiger partial charge in [-0.2, -0.15) is 0 Å². The van der Waals surface area contributed by atoms with E-state index in [1.807, 2.05) is 30.3 Å². The molecule has 1 heterocycles. The Labute approximate surface area is 139 Å². The summed E-state index contributed by atoms with van der Waals surface area (Å²) in [5, 5.41) is 19.0. The maximum Gasteiger partial charge on any atom is 0.253 e. The van der Waals surface area contributed by atoms with Crippen LogP contribution < -0.4 is 10.5 Å². The molecule has 124 valence electrons. The number of primary sulfonamides is 1. The molecule has 0 aliphatic carbocycles. The van der Waals surface area contributed by atoms with Crippen molar-refractivity contribution in [2.45, 2.75) is 23.2 Å². The molecule has 8 heteroatoms. The first-order valence-electron chi connectivity index (χ1n) is 6.98. The van der Waals surface area contributed by atoms with Crippen molar-refractivity contribution in [3.05, 3.63) is 52.9 Å². The highest BCUT2D eigenvalue weighted by Gasteiger charge is 2.21. The Morgan fingerprint density at radius 3 is 2.61 bits per heavy atom. The second-order valence-electron chi connectivity index (χ2n) is 5.05. The molecule has 0 fully saturated rings. The third kappa shape index (κ3) is 5.14. The number of carbonyl (C=O) groups is 1. The molecule has 6 nitrogen and oxygen atoms in total. The van der Waals surface area contributed by atoms with Gasteiger partial charge in [0, 0.05) is 6.54 Å². The van der Waals surface area contributed by atoms with Crippen molar-refractivity contribution >= 4 is 27.3 Å². The lowest BCUT2D eigenvalue weighted by Gasteiger charge is -2.12. The molecule has 0 saturated heterocycles. The first kappa shape index (κ1) is 17.6. The smallest absolute Gasteiger partial charge is 0.253 e. The number of nitrogens with two attached hydrogens (primary N) is 1. The van der Waals surface area contributed by atoms with Crippen LogP contribution in [0.1, 0.15) is 22.3 Å². The predicted molar refractivity (Wildman–Crippen MR) is 88.8 cm³/mol. The van der Waals surface area contributed by atoms with Gasteiger partial charge in [0.2, 0.25) is 10.0 Å². The van der Waals surface area contributed by atoms with Crippen LogP contribution in [0.5, 0.6) is 0 Å². The molecule has 1 amide bonds. The largest absolute Gasteiger partial charge is 0.391 e. The molecule has 0 spiro atoms. The lowest BCUT2D eigenvalue weighted by atomic mass is 10.1. The fourth-order valence-electron chi connectivity index (χ4n) is 2.07. The van der Waals surface area contributed by atoms with Crippen LogP contribution >= 0.6 is 11.3 Å². The molecule has 2 aromatic rings. The van der Waals surface area contributed by atoms with Gasteiger partial charge in [-0.1, -0.05) is 30.3 Å². The number of aliphatic hydroxyl groups is 1. The zero-order valence-electron chi connectivity index (χ0n) is 12.3. The van der Waals surface area contributed by atoms with Crippen LogP contribution in [0.2, 0.25) is 0 Å². The van der Waals surface area contributed by atoms with E-state index in [0.29, 0.717) is 12.8 Å². The van der Waals surface area contributed by atoms with E-state index < -0.39 is 22.0 Å². The van der Waals surface area contributed by atoms with Crippen LogP contribution in [0.25, 0.3) is 0 Å². The Hall–Kier alpha value is -1.74. The molecule has 1 atom stereocenters. The highest BCUT2D eigenvalue weighted by Crippen LogP contribution is 2.21. The maximum absolute atomic E-state index is 12.0. The van der Waals surface area contributed by atoms with E-state index in [-0.39, 0.29) is 16.3 Å². The summed E-state index contributed by atoms with van der Waals surface area (Å²) in [6.07, 6.45) is 0.477. The van der Waals surface area contributed by atoms with Crippen LogP contribution in [0, 0.1) is 0 Å². The molecular weight excluding hydrogens is 336 g/mol. The van der Waals surface area contributed by atoms with Gasteiger partial charge in [0.25, 0.3) is 5.91 Å². The fraction of sp³-hybridized carbons (Fsp3) is 0.267. The lowest BCUT2D eigenvalue weighted by molar-refractivity contribution is 0.0908. The van der Waals surface area contributed by atoms with Crippen LogP contribution in [-0.4, -0.2) is 32.1 Å². The summed E-state index contributed by atoms with van der Waals surface area (Å²) >= 11 is 0.890. The minimum absolute atomic E-state index is 0.00718. The number of hydrogen-bond acceptors (Lipinski definition) is 5. The number of hydrogen-bond donors (Lipinski definition) is 3. The molecular formula is C15H18N2O4S2. The number of rotatable bonds is 7. The predicted octanol–water partition coefficient (Wildman–Crippen LogP) is 1.12. The molecule has 0 aliphatic rings. The van der Waals surface area contributed by atoms with Gasteiger partial charge in [-0.3, -0.25) is 4.79 Å². The van der Waals surface area contributed by atoms with Gasteiger partial charge in [-0.15, -0.1) is 11.3 Å². The molecule has 1 aromatic heterocycles. The molecule has 1 unspecified atom stereocenters. The SMILES string of the molecule is NS(=O)(=O)c1sccc1C(=O)NCC(O)CCc1ccccc1. The highest BCUT2D eigenvalue weighted by atomic mass is 32.2. The molecule has 1 aromatic carbocycles. The first-order valence-corrected chi connectivity index (χ1v) is 9.41. The molecule has 0 aliphatic heterocycles. The quantitative estimate of drug-likeness (QED) is 0.692. The second-order valence-corrected chi connectivity index (χ2v) is 7.73. The zero-order valence-corrected chi connectivity index (χ0v) is 13.9.